The molecule has 19 aromatic carbocycles. The zero-order chi connectivity index (χ0) is 89.5. The highest BCUT2D eigenvalue weighted by Gasteiger charge is 2.37. The van der Waals surface area contributed by atoms with Crippen molar-refractivity contribution in [1.82, 2.24) is 43.2 Å². The molecule has 12 nitrogen and oxygen atoms in total. The second-order valence-corrected chi connectivity index (χ2v) is 36.2. The Bertz CT molecular complexity index is 9720. The van der Waals surface area contributed by atoms with Crippen LogP contribution in [0.4, 0.5) is 0 Å². The van der Waals surface area contributed by atoms with E-state index in [9.17, 15) is 0 Å². The van der Waals surface area contributed by atoms with Gasteiger partial charge in [-0.25, -0.2) is 24.9 Å². The van der Waals surface area contributed by atoms with Crippen molar-refractivity contribution in [2.24, 2.45) is 0 Å². The number of fused-ring (bicyclic) bond motifs is 24. The van der Waals surface area contributed by atoms with E-state index in [0.29, 0.717) is 23.4 Å². The third-order valence-corrected chi connectivity index (χ3v) is 28.1. The standard InChI is InChI=1S/C63H37N5O2.C61H40N4O/c1-4-15-38(16-5-1)61-64-62(39-17-6-2-7-18-39)66-63(65-61)42-19-14-22-44(31-42)68-54-33-41(27-29-46(54)49-34-51-47-24-11-13-26-57(47)69-59(51)37-56(49)68)40-28-30-58-50(32-40)52-35-48-45-23-10-12-25-53(45)67(43-20-8-3-9-21-43)55(48)36-60(52)70-58;1-61(2)50-24-14-12-22-42(50)45-32-46-44-28-26-40(31-55(44)65(56(46)34-51(45)61)60-62-52(37-16-6-3-7-17-37)35-53(63-60)38-18-8-4-9-19-38)39-27-29-58-48(30-39)49-33-47-43-23-13-15-25-54(43)64(41-20-10-5-11-21-41)57(47)36-59(49)66-58/h1-37H;3-36H,1-2H3. The number of aromatic nitrogens is 9. The minimum Gasteiger partial charge on any atom is -0.456 e. The Morgan fingerprint density at radius 2 is 0.537 bits per heavy atom. The third kappa shape index (κ3) is 12.1. The fourth-order valence-corrected chi connectivity index (χ4v) is 21.6. The lowest BCUT2D eigenvalue weighted by Crippen LogP contribution is -2.15. The van der Waals surface area contributed by atoms with Crippen molar-refractivity contribution >= 4 is 153 Å². The predicted molar refractivity (Wildman–Crippen MR) is 557 cm³/mol. The summed E-state index contributed by atoms with van der Waals surface area (Å²) < 4.78 is 29.2. The first-order valence-electron chi connectivity index (χ1n) is 46.1. The van der Waals surface area contributed by atoms with Crippen molar-refractivity contribution in [1.29, 1.82) is 0 Å². The molecule has 1 aliphatic carbocycles. The highest BCUT2D eigenvalue weighted by molar-refractivity contribution is 6.22. The van der Waals surface area contributed by atoms with Crippen LogP contribution in [0.1, 0.15) is 25.0 Å². The molecule has 0 radical (unpaired) electrons. The molecule has 12 heteroatoms. The molecule has 29 rings (SSSR count). The smallest absolute Gasteiger partial charge is 0.235 e. The molecular formula is C124H77N9O3. The van der Waals surface area contributed by atoms with Gasteiger partial charge in [-0.1, -0.05) is 299 Å². The normalized spacial score (nSPS) is 12.5. The molecule has 0 saturated carbocycles. The number of benzene rings is 19. The molecule has 0 bridgehead atoms. The molecule has 9 aromatic heterocycles. The van der Waals surface area contributed by atoms with Gasteiger partial charge in [0.25, 0.3) is 0 Å². The summed E-state index contributed by atoms with van der Waals surface area (Å²) in [5.41, 5.74) is 33.2. The van der Waals surface area contributed by atoms with Crippen LogP contribution in [0.15, 0.2) is 444 Å². The Labute approximate surface area is 778 Å². The van der Waals surface area contributed by atoms with Gasteiger partial charge >= 0.3 is 0 Å². The first kappa shape index (κ1) is 76.7. The van der Waals surface area contributed by atoms with E-state index in [4.69, 9.17) is 38.2 Å². The van der Waals surface area contributed by atoms with Crippen molar-refractivity contribution in [2.75, 3.05) is 0 Å². The Morgan fingerprint density at radius 3 is 1.05 bits per heavy atom. The van der Waals surface area contributed by atoms with Crippen molar-refractivity contribution < 1.29 is 13.3 Å². The molecule has 1 aliphatic rings. The minimum atomic E-state index is -0.181. The van der Waals surface area contributed by atoms with Crippen molar-refractivity contribution in [3.63, 3.8) is 0 Å². The molecule has 636 valence electrons. The van der Waals surface area contributed by atoms with Gasteiger partial charge in [0.2, 0.25) is 5.95 Å². The maximum atomic E-state index is 6.67. The molecular weight excluding hydrogens is 1660 g/mol. The van der Waals surface area contributed by atoms with Gasteiger partial charge in [0.1, 0.15) is 33.5 Å². The van der Waals surface area contributed by atoms with Crippen molar-refractivity contribution in [2.45, 2.75) is 19.3 Å². The topological polar surface area (TPSA) is 124 Å². The fourth-order valence-electron chi connectivity index (χ4n) is 21.6. The maximum Gasteiger partial charge on any atom is 0.235 e. The van der Waals surface area contributed by atoms with Gasteiger partial charge in [0, 0.05) is 144 Å². The van der Waals surface area contributed by atoms with Crippen LogP contribution in [0.5, 0.6) is 0 Å². The second kappa shape index (κ2) is 30.0. The summed E-state index contributed by atoms with van der Waals surface area (Å²) in [5, 5.41) is 16.0. The Kier molecular flexibility index (Phi) is 16.9. The number of hydrogen-bond acceptors (Lipinski definition) is 8. The summed E-state index contributed by atoms with van der Waals surface area (Å²) in [6, 6.07) is 153. The summed E-state index contributed by atoms with van der Waals surface area (Å²) in [4.78, 5) is 26.0. The second-order valence-electron chi connectivity index (χ2n) is 36.2. The maximum absolute atomic E-state index is 6.67. The quantitative estimate of drug-likeness (QED) is 0.125. The van der Waals surface area contributed by atoms with Gasteiger partial charge in [-0.3, -0.25) is 4.57 Å². The van der Waals surface area contributed by atoms with E-state index in [1.54, 1.807) is 0 Å². The molecule has 0 unspecified atom stereocenters. The van der Waals surface area contributed by atoms with Crippen molar-refractivity contribution in [3.05, 3.63) is 442 Å². The van der Waals surface area contributed by atoms with E-state index in [-0.39, 0.29) is 5.41 Å². The minimum absolute atomic E-state index is 0.181. The van der Waals surface area contributed by atoms with Crippen LogP contribution in [0.25, 0.3) is 266 Å². The zero-order valence-corrected chi connectivity index (χ0v) is 73.7. The number of para-hydroxylation sites is 5. The zero-order valence-electron chi connectivity index (χ0n) is 73.7. The lowest BCUT2D eigenvalue weighted by molar-refractivity contribution is 0.661. The summed E-state index contributed by atoms with van der Waals surface area (Å²) in [6.45, 7) is 4.69. The van der Waals surface area contributed by atoms with Gasteiger partial charge in [0.15, 0.2) is 17.5 Å². The van der Waals surface area contributed by atoms with Gasteiger partial charge in [-0.05, 0) is 172 Å². The van der Waals surface area contributed by atoms with Crippen LogP contribution in [-0.4, -0.2) is 43.2 Å². The van der Waals surface area contributed by atoms with E-state index in [2.05, 4.69) is 378 Å². The molecule has 0 N–H and O–H groups in total. The van der Waals surface area contributed by atoms with Crippen LogP contribution in [0.3, 0.4) is 0 Å². The highest BCUT2D eigenvalue weighted by atomic mass is 16.3. The van der Waals surface area contributed by atoms with Gasteiger partial charge in [0.05, 0.1) is 55.5 Å². The first-order valence-corrected chi connectivity index (χ1v) is 46.1. The SMILES string of the molecule is CC1(C)c2ccccc2-c2cc3c4ccc(-c5ccc6oc7cc8c(cc7c6c5)c5ccccc5n8-c5ccccc5)cc4n(-c4nc(-c5ccccc5)cc(-c5ccccc5)n4)c3cc21.c1ccc(-c2nc(-c3ccccc3)nc(-c3cccc(-n4c5cc(-c6ccc7oc8cc9c(cc8c7c6)c6ccccc6n9-c6ccccc6)ccc5c5cc6c(cc54)oc4ccccc46)c3)n2)cc1. The third-order valence-electron chi connectivity index (χ3n) is 28.1. The average molecular weight is 1740 g/mol. The molecule has 0 aliphatic heterocycles. The van der Waals surface area contributed by atoms with E-state index in [1.165, 1.54) is 60.2 Å². The molecule has 0 atom stereocenters. The number of hydrogen-bond donors (Lipinski definition) is 0. The van der Waals surface area contributed by atoms with Crippen LogP contribution in [0.2, 0.25) is 0 Å². The average Bonchev–Trinajstić information content (AvgIpc) is 1.52. The lowest BCUT2D eigenvalue weighted by atomic mass is 9.82. The Morgan fingerprint density at radius 1 is 0.184 bits per heavy atom. The van der Waals surface area contributed by atoms with E-state index >= 15 is 0 Å². The van der Waals surface area contributed by atoms with E-state index in [1.807, 2.05) is 84.9 Å². The van der Waals surface area contributed by atoms with Crippen LogP contribution >= 0.6 is 0 Å². The van der Waals surface area contributed by atoms with E-state index < -0.39 is 0 Å². The summed E-state index contributed by atoms with van der Waals surface area (Å²) >= 11 is 0. The fraction of sp³-hybridized carbons (Fsp3) is 0.0242. The number of rotatable bonds is 11. The monoisotopic (exact) mass is 1740 g/mol. The van der Waals surface area contributed by atoms with Gasteiger partial charge in [-0.2, -0.15) is 0 Å². The predicted octanol–water partition coefficient (Wildman–Crippen LogP) is 32.4. The van der Waals surface area contributed by atoms with Crippen LogP contribution in [0, 0.1) is 0 Å². The van der Waals surface area contributed by atoms with Crippen molar-refractivity contribution in [3.8, 4) is 113 Å². The molecule has 9 heterocycles. The largest absolute Gasteiger partial charge is 0.456 e. The highest BCUT2D eigenvalue weighted by Crippen LogP contribution is 2.53. The summed E-state index contributed by atoms with van der Waals surface area (Å²) in [7, 11) is 0. The number of nitrogens with zero attached hydrogens (tertiary/aromatic N) is 9. The molecule has 136 heavy (non-hydrogen) atoms. The summed E-state index contributed by atoms with van der Waals surface area (Å²) in [5.74, 6) is 2.47. The van der Waals surface area contributed by atoms with E-state index in [0.717, 1.165) is 194 Å². The Hall–Kier alpha value is -18.1. The van der Waals surface area contributed by atoms with Gasteiger partial charge < -0.3 is 27.0 Å². The summed E-state index contributed by atoms with van der Waals surface area (Å²) in [6.07, 6.45) is 0. The molecule has 0 fully saturated rings. The lowest BCUT2D eigenvalue weighted by Gasteiger charge is -2.21. The van der Waals surface area contributed by atoms with Crippen LogP contribution in [-0.2, 0) is 5.41 Å². The molecule has 0 spiro atoms. The molecule has 0 saturated heterocycles. The molecule has 0 amide bonds. The first-order chi connectivity index (χ1) is 67.1. The molecule has 28 aromatic rings. The number of furan rings is 3. The Balaban J connectivity index is 0.000000135. The van der Waals surface area contributed by atoms with Gasteiger partial charge in [-0.15, -0.1) is 0 Å². The van der Waals surface area contributed by atoms with Crippen LogP contribution < -0.4 is 0 Å².